The third-order valence-corrected chi connectivity index (χ3v) is 3.12. The van der Waals surface area contributed by atoms with Crippen LogP contribution in [0, 0.1) is 5.82 Å². The van der Waals surface area contributed by atoms with Crippen LogP contribution >= 0.6 is 0 Å². The Hall–Kier alpha value is -3.15. The van der Waals surface area contributed by atoms with E-state index in [-0.39, 0.29) is 11.7 Å². The second-order valence-corrected chi connectivity index (χ2v) is 4.86. The molecule has 0 saturated carbocycles. The second kappa shape index (κ2) is 6.74. The van der Waals surface area contributed by atoms with Gasteiger partial charge in [-0.05, 0) is 36.4 Å². The minimum Gasteiger partial charge on any atom is -0.467 e. The molecule has 2 aromatic heterocycles. The van der Waals surface area contributed by atoms with Crippen LogP contribution in [0.4, 0.5) is 15.8 Å². The van der Waals surface area contributed by atoms with E-state index in [2.05, 4.69) is 15.6 Å². The minimum atomic E-state index is -0.338. The summed E-state index contributed by atoms with van der Waals surface area (Å²) in [6.45, 7) is 0.299. The molecule has 23 heavy (non-hydrogen) atoms. The van der Waals surface area contributed by atoms with E-state index in [0.717, 1.165) is 0 Å². The van der Waals surface area contributed by atoms with Crippen LogP contribution in [0.5, 0.6) is 0 Å². The number of halogens is 1. The second-order valence-electron chi connectivity index (χ2n) is 4.86. The highest BCUT2D eigenvalue weighted by molar-refractivity contribution is 5.94. The number of aromatic nitrogens is 1. The zero-order chi connectivity index (χ0) is 16.1. The molecule has 0 unspecified atom stereocenters. The maximum Gasteiger partial charge on any atom is 0.253 e. The number of amides is 1. The van der Waals surface area contributed by atoms with E-state index < -0.39 is 0 Å². The van der Waals surface area contributed by atoms with Crippen LogP contribution < -0.4 is 10.6 Å². The summed E-state index contributed by atoms with van der Waals surface area (Å²) in [5, 5.41) is 5.75. The van der Waals surface area contributed by atoms with Gasteiger partial charge >= 0.3 is 0 Å². The van der Waals surface area contributed by atoms with Crippen molar-refractivity contribution in [3.05, 3.63) is 78.3 Å². The van der Waals surface area contributed by atoms with Gasteiger partial charge in [0.15, 0.2) is 0 Å². The van der Waals surface area contributed by atoms with Crippen molar-refractivity contribution in [2.75, 3.05) is 5.32 Å². The highest BCUT2D eigenvalue weighted by Crippen LogP contribution is 2.17. The van der Waals surface area contributed by atoms with Crippen LogP contribution in [0.3, 0.4) is 0 Å². The lowest BCUT2D eigenvalue weighted by molar-refractivity contribution is 0.0947. The standard InChI is InChI=1S/C17H14FN3O2/c18-13-3-1-4-14(8-13)21-15-7-12(9-19-10-15)17(22)20-11-16-5-2-6-23-16/h1-10,21H,11H2,(H,20,22). The van der Waals surface area contributed by atoms with Crippen molar-refractivity contribution >= 4 is 17.3 Å². The van der Waals surface area contributed by atoms with Crippen molar-refractivity contribution in [3.8, 4) is 0 Å². The lowest BCUT2D eigenvalue weighted by Crippen LogP contribution is -2.22. The van der Waals surface area contributed by atoms with Gasteiger partial charge in [-0.25, -0.2) is 4.39 Å². The number of rotatable bonds is 5. The summed E-state index contributed by atoms with van der Waals surface area (Å²) in [7, 11) is 0. The van der Waals surface area contributed by atoms with Crippen molar-refractivity contribution in [1.82, 2.24) is 10.3 Å². The van der Waals surface area contributed by atoms with E-state index in [0.29, 0.717) is 29.2 Å². The molecular weight excluding hydrogens is 297 g/mol. The van der Waals surface area contributed by atoms with Gasteiger partial charge in [-0.1, -0.05) is 6.07 Å². The molecule has 2 N–H and O–H groups in total. The van der Waals surface area contributed by atoms with Gasteiger partial charge < -0.3 is 15.1 Å². The smallest absolute Gasteiger partial charge is 0.253 e. The molecule has 0 bridgehead atoms. The first-order valence-electron chi connectivity index (χ1n) is 6.99. The Kier molecular flexibility index (Phi) is 4.33. The Morgan fingerprint density at radius 3 is 2.83 bits per heavy atom. The molecule has 3 aromatic rings. The normalized spacial score (nSPS) is 10.3. The van der Waals surface area contributed by atoms with Gasteiger partial charge in [0, 0.05) is 11.9 Å². The summed E-state index contributed by atoms with van der Waals surface area (Å²) < 4.78 is 18.3. The monoisotopic (exact) mass is 311 g/mol. The molecule has 0 radical (unpaired) electrons. The summed E-state index contributed by atoms with van der Waals surface area (Å²) in [5.74, 6) is 0.0625. The molecule has 0 aliphatic carbocycles. The van der Waals surface area contributed by atoms with E-state index in [1.54, 1.807) is 42.8 Å². The Morgan fingerprint density at radius 2 is 2.04 bits per heavy atom. The number of nitrogens with one attached hydrogen (secondary N) is 2. The van der Waals surface area contributed by atoms with Crippen molar-refractivity contribution < 1.29 is 13.6 Å². The maximum absolute atomic E-state index is 13.2. The highest BCUT2D eigenvalue weighted by Gasteiger charge is 2.08. The average molecular weight is 311 g/mol. The number of nitrogens with zero attached hydrogens (tertiary/aromatic N) is 1. The first kappa shape index (κ1) is 14.8. The van der Waals surface area contributed by atoms with Gasteiger partial charge in [0.05, 0.1) is 30.3 Å². The Morgan fingerprint density at radius 1 is 1.13 bits per heavy atom. The zero-order valence-corrected chi connectivity index (χ0v) is 12.1. The van der Waals surface area contributed by atoms with Crippen molar-refractivity contribution in [3.63, 3.8) is 0 Å². The molecule has 0 aliphatic heterocycles. The number of benzene rings is 1. The summed E-state index contributed by atoms with van der Waals surface area (Å²) in [6, 6.07) is 11.2. The Labute approximate surface area is 132 Å². The molecule has 0 aliphatic rings. The number of carbonyl (C=O) groups is 1. The molecule has 0 fully saturated rings. The fourth-order valence-electron chi connectivity index (χ4n) is 2.05. The molecule has 116 valence electrons. The zero-order valence-electron chi connectivity index (χ0n) is 12.1. The molecule has 2 heterocycles. The fourth-order valence-corrected chi connectivity index (χ4v) is 2.05. The molecular formula is C17H14FN3O2. The van der Waals surface area contributed by atoms with Gasteiger partial charge in [-0.2, -0.15) is 0 Å². The lowest BCUT2D eigenvalue weighted by Gasteiger charge is -2.08. The lowest BCUT2D eigenvalue weighted by atomic mass is 10.2. The summed E-state index contributed by atoms with van der Waals surface area (Å²) in [6.07, 6.45) is 4.58. The van der Waals surface area contributed by atoms with Gasteiger partial charge in [0.1, 0.15) is 11.6 Å². The Bertz CT molecular complexity index is 803. The molecule has 0 spiro atoms. The first-order valence-corrected chi connectivity index (χ1v) is 6.99. The van der Waals surface area contributed by atoms with Crippen LogP contribution in [0.15, 0.2) is 65.5 Å². The SMILES string of the molecule is O=C(NCc1ccco1)c1cncc(Nc2cccc(F)c2)c1. The van der Waals surface area contributed by atoms with Gasteiger partial charge in [-0.3, -0.25) is 9.78 Å². The van der Waals surface area contributed by atoms with E-state index in [1.807, 2.05) is 0 Å². The molecule has 1 aromatic carbocycles. The summed E-state index contributed by atoms with van der Waals surface area (Å²) in [5.41, 5.74) is 1.58. The molecule has 5 nitrogen and oxygen atoms in total. The van der Waals surface area contributed by atoms with Gasteiger partial charge in [-0.15, -0.1) is 0 Å². The van der Waals surface area contributed by atoms with Crippen molar-refractivity contribution in [1.29, 1.82) is 0 Å². The third-order valence-electron chi connectivity index (χ3n) is 3.12. The van der Waals surface area contributed by atoms with E-state index in [1.165, 1.54) is 18.3 Å². The summed E-state index contributed by atoms with van der Waals surface area (Å²) >= 11 is 0. The number of hydrogen-bond acceptors (Lipinski definition) is 4. The molecule has 6 heteroatoms. The predicted octanol–water partition coefficient (Wildman–Crippen LogP) is 3.49. The summed E-state index contributed by atoms with van der Waals surface area (Å²) in [4.78, 5) is 16.1. The van der Waals surface area contributed by atoms with Crippen LogP contribution in [-0.4, -0.2) is 10.9 Å². The fraction of sp³-hybridized carbons (Fsp3) is 0.0588. The van der Waals surface area contributed by atoms with Crippen LogP contribution in [0.25, 0.3) is 0 Å². The van der Waals surface area contributed by atoms with E-state index in [9.17, 15) is 9.18 Å². The largest absolute Gasteiger partial charge is 0.467 e. The molecule has 3 rings (SSSR count). The number of carbonyl (C=O) groups excluding carboxylic acids is 1. The van der Waals surface area contributed by atoms with Gasteiger partial charge in [0.2, 0.25) is 0 Å². The molecule has 0 saturated heterocycles. The van der Waals surface area contributed by atoms with Crippen LogP contribution in [-0.2, 0) is 6.54 Å². The maximum atomic E-state index is 13.2. The minimum absolute atomic E-state index is 0.267. The highest BCUT2D eigenvalue weighted by atomic mass is 19.1. The predicted molar refractivity (Wildman–Crippen MR) is 83.8 cm³/mol. The van der Waals surface area contributed by atoms with Crippen LogP contribution in [0.1, 0.15) is 16.1 Å². The van der Waals surface area contributed by atoms with Crippen LogP contribution in [0.2, 0.25) is 0 Å². The third kappa shape index (κ3) is 3.94. The van der Waals surface area contributed by atoms with Crippen molar-refractivity contribution in [2.24, 2.45) is 0 Å². The van der Waals surface area contributed by atoms with E-state index >= 15 is 0 Å². The molecule has 0 atom stereocenters. The first-order chi connectivity index (χ1) is 11.2. The number of pyridine rings is 1. The Balaban J connectivity index is 1.68. The number of hydrogen-bond donors (Lipinski definition) is 2. The molecule has 1 amide bonds. The van der Waals surface area contributed by atoms with E-state index in [4.69, 9.17) is 4.42 Å². The average Bonchev–Trinajstić information content (AvgIpc) is 3.06. The number of furan rings is 1. The number of anilines is 2. The topological polar surface area (TPSA) is 67.2 Å². The van der Waals surface area contributed by atoms with Crippen molar-refractivity contribution in [2.45, 2.75) is 6.54 Å². The van der Waals surface area contributed by atoms with Gasteiger partial charge in [0.25, 0.3) is 5.91 Å². The quantitative estimate of drug-likeness (QED) is 0.757.